The zero-order valence-electron chi connectivity index (χ0n) is 8.68. The first-order valence-corrected chi connectivity index (χ1v) is 5.02. The molecule has 0 atom stereocenters. The Balaban J connectivity index is 3.93. The lowest BCUT2D eigenvalue weighted by Gasteiger charge is -2.14. The van der Waals surface area contributed by atoms with Gasteiger partial charge in [0.05, 0.1) is 0 Å². The summed E-state index contributed by atoms with van der Waals surface area (Å²) in [5.41, 5.74) is 0.354. The molecule has 0 aromatic carbocycles. The second-order valence-corrected chi connectivity index (χ2v) is 3.56. The summed E-state index contributed by atoms with van der Waals surface area (Å²) >= 11 is 0. The molecule has 0 radical (unpaired) electrons. The monoisotopic (exact) mass is 184 g/mol. The second kappa shape index (κ2) is 6.70. The quantitative estimate of drug-likeness (QED) is 0.617. The summed E-state index contributed by atoms with van der Waals surface area (Å²) < 4.78 is 0. The van der Waals surface area contributed by atoms with Crippen LogP contribution in [0.15, 0.2) is 12.2 Å². The van der Waals surface area contributed by atoms with E-state index in [-0.39, 0.29) is 0 Å². The van der Waals surface area contributed by atoms with Gasteiger partial charge in [-0.05, 0) is 12.3 Å². The minimum Gasteiger partial charge on any atom is -0.478 e. The van der Waals surface area contributed by atoms with E-state index < -0.39 is 5.97 Å². The molecule has 0 aliphatic heterocycles. The SMILES string of the molecule is C=C(CC(CCC)CCC)C(=O)O. The van der Waals surface area contributed by atoms with Gasteiger partial charge in [0, 0.05) is 5.57 Å². The molecule has 0 aliphatic carbocycles. The van der Waals surface area contributed by atoms with E-state index in [0.717, 1.165) is 25.7 Å². The summed E-state index contributed by atoms with van der Waals surface area (Å²) in [5.74, 6) is -0.337. The van der Waals surface area contributed by atoms with Crippen LogP contribution in [0.5, 0.6) is 0 Å². The van der Waals surface area contributed by atoms with Crippen LogP contribution in [0.2, 0.25) is 0 Å². The summed E-state index contributed by atoms with van der Waals surface area (Å²) in [6, 6.07) is 0. The van der Waals surface area contributed by atoms with E-state index in [4.69, 9.17) is 5.11 Å². The first-order chi connectivity index (χ1) is 6.11. The smallest absolute Gasteiger partial charge is 0.330 e. The van der Waals surface area contributed by atoms with Gasteiger partial charge < -0.3 is 5.11 Å². The Morgan fingerprint density at radius 1 is 1.31 bits per heavy atom. The Hall–Kier alpha value is -0.790. The molecule has 0 aromatic rings. The molecule has 0 spiro atoms. The predicted molar refractivity (Wildman–Crippen MR) is 54.7 cm³/mol. The molecule has 0 rings (SSSR count). The van der Waals surface area contributed by atoms with Gasteiger partial charge in [-0.25, -0.2) is 4.79 Å². The van der Waals surface area contributed by atoms with Gasteiger partial charge >= 0.3 is 5.97 Å². The summed E-state index contributed by atoms with van der Waals surface area (Å²) in [5, 5.41) is 8.67. The molecule has 0 bridgehead atoms. The van der Waals surface area contributed by atoms with Crippen molar-refractivity contribution in [2.75, 3.05) is 0 Å². The number of hydrogen-bond acceptors (Lipinski definition) is 1. The fraction of sp³-hybridized carbons (Fsp3) is 0.727. The van der Waals surface area contributed by atoms with E-state index in [1.165, 1.54) is 0 Å². The maximum Gasteiger partial charge on any atom is 0.330 e. The Kier molecular flexibility index (Phi) is 6.29. The lowest BCUT2D eigenvalue weighted by atomic mass is 9.91. The maximum absolute atomic E-state index is 10.5. The standard InChI is InChI=1S/C11H20O2/c1-4-6-10(7-5-2)8-9(3)11(12)13/h10H,3-8H2,1-2H3,(H,12,13). The van der Waals surface area contributed by atoms with Crippen molar-refractivity contribution in [3.8, 4) is 0 Å². The minimum atomic E-state index is -0.850. The molecule has 13 heavy (non-hydrogen) atoms. The number of carbonyl (C=O) groups is 1. The molecule has 76 valence electrons. The number of rotatable bonds is 7. The van der Waals surface area contributed by atoms with Gasteiger partial charge in [0.15, 0.2) is 0 Å². The summed E-state index contributed by atoms with van der Waals surface area (Å²) in [7, 11) is 0. The lowest BCUT2D eigenvalue weighted by Crippen LogP contribution is -2.07. The molecule has 0 aromatic heterocycles. The zero-order chi connectivity index (χ0) is 10.3. The van der Waals surface area contributed by atoms with E-state index >= 15 is 0 Å². The minimum absolute atomic E-state index is 0.354. The third-order valence-electron chi connectivity index (χ3n) is 2.23. The fourth-order valence-electron chi connectivity index (χ4n) is 1.60. The number of hydrogen-bond donors (Lipinski definition) is 1. The fourth-order valence-corrected chi connectivity index (χ4v) is 1.60. The van der Waals surface area contributed by atoms with Gasteiger partial charge in [-0.2, -0.15) is 0 Å². The van der Waals surface area contributed by atoms with Gasteiger partial charge in [0.1, 0.15) is 0 Å². The van der Waals surface area contributed by atoms with Gasteiger partial charge in [-0.3, -0.25) is 0 Å². The second-order valence-electron chi connectivity index (χ2n) is 3.56. The van der Waals surface area contributed by atoms with E-state index in [9.17, 15) is 4.79 Å². The van der Waals surface area contributed by atoms with Crippen molar-refractivity contribution in [2.45, 2.75) is 46.0 Å². The molecule has 0 saturated heterocycles. The van der Waals surface area contributed by atoms with Crippen LogP contribution in [0, 0.1) is 5.92 Å². The highest BCUT2D eigenvalue weighted by Crippen LogP contribution is 2.21. The van der Waals surface area contributed by atoms with Crippen LogP contribution in [-0.2, 0) is 4.79 Å². The lowest BCUT2D eigenvalue weighted by molar-refractivity contribution is -0.132. The molecular weight excluding hydrogens is 164 g/mol. The van der Waals surface area contributed by atoms with Gasteiger partial charge in [-0.1, -0.05) is 46.1 Å². The number of carboxylic acids is 1. The first-order valence-electron chi connectivity index (χ1n) is 5.02. The third-order valence-corrected chi connectivity index (χ3v) is 2.23. The zero-order valence-corrected chi connectivity index (χ0v) is 8.68. The Morgan fingerprint density at radius 3 is 2.08 bits per heavy atom. The third kappa shape index (κ3) is 5.45. The normalized spacial score (nSPS) is 10.4. The van der Waals surface area contributed by atoms with Crippen LogP contribution < -0.4 is 0 Å². The summed E-state index contributed by atoms with van der Waals surface area (Å²) in [4.78, 5) is 10.5. The van der Waals surface area contributed by atoms with Crippen molar-refractivity contribution < 1.29 is 9.90 Å². The summed E-state index contributed by atoms with van der Waals surface area (Å²) in [6.45, 7) is 7.82. The maximum atomic E-state index is 10.5. The molecule has 1 N–H and O–H groups in total. The van der Waals surface area contributed by atoms with Crippen LogP contribution in [0.3, 0.4) is 0 Å². The predicted octanol–water partition coefficient (Wildman–Crippen LogP) is 3.23. The molecule has 0 heterocycles. The first kappa shape index (κ1) is 12.2. The summed E-state index contributed by atoms with van der Waals surface area (Å²) in [6.07, 6.45) is 5.12. The molecule has 2 nitrogen and oxygen atoms in total. The van der Waals surface area contributed by atoms with Crippen molar-refractivity contribution in [1.82, 2.24) is 0 Å². The highest BCUT2D eigenvalue weighted by Gasteiger charge is 2.12. The van der Waals surface area contributed by atoms with Gasteiger partial charge in [0.25, 0.3) is 0 Å². The van der Waals surface area contributed by atoms with Crippen molar-refractivity contribution in [3.63, 3.8) is 0 Å². The molecule has 0 unspecified atom stereocenters. The average Bonchev–Trinajstić information content (AvgIpc) is 2.05. The molecule has 0 amide bonds. The molecule has 2 heteroatoms. The largest absolute Gasteiger partial charge is 0.478 e. The van der Waals surface area contributed by atoms with Crippen molar-refractivity contribution in [3.05, 3.63) is 12.2 Å². The molecule has 0 aliphatic rings. The van der Waals surface area contributed by atoms with Crippen LogP contribution >= 0.6 is 0 Å². The van der Waals surface area contributed by atoms with Crippen LogP contribution in [-0.4, -0.2) is 11.1 Å². The van der Waals surface area contributed by atoms with E-state index in [0.29, 0.717) is 17.9 Å². The molecule has 0 fully saturated rings. The van der Waals surface area contributed by atoms with Crippen molar-refractivity contribution in [1.29, 1.82) is 0 Å². The van der Waals surface area contributed by atoms with E-state index in [2.05, 4.69) is 20.4 Å². The van der Waals surface area contributed by atoms with Gasteiger partial charge in [-0.15, -0.1) is 0 Å². The number of aliphatic carboxylic acids is 1. The van der Waals surface area contributed by atoms with Crippen LogP contribution in [0.25, 0.3) is 0 Å². The van der Waals surface area contributed by atoms with Crippen molar-refractivity contribution >= 4 is 5.97 Å². The average molecular weight is 184 g/mol. The Morgan fingerprint density at radius 2 is 1.77 bits per heavy atom. The van der Waals surface area contributed by atoms with E-state index in [1.807, 2.05) is 0 Å². The molecular formula is C11H20O2. The molecule has 0 saturated carbocycles. The highest BCUT2D eigenvalue weighted by atomic mass is 16.4. The topological polar surface area (TPSA) is 37.3 Å². The highest BCUT2D eigenvalue weighted by molar-refractivity contribution is 5.85. The van der Waals surface area contributed by atoms with Crippen molar-refractivity contribution in [2.24, 2.45) is 5.92 Å². The Bertz CT molecular complexity index is 167. The number of carboxylic acid groups (broad SMARTS) is 1. The Labute approximate surface area is 80.7 Å². The van der Waals surface area contributed by atoms with Crippen LogP contribution in [0.4, 0.5) is 0 Å². The van der Waals surface area contributed by atoms with E-state index in [1.54, 1.807) is 0 Å². The van der Waals surface area contributed by atoms with Crippen LogP contribution in [0.1, 0.15) is 46.0 Å². The van der Waals surface area contributed by atoms with Gasteiger partial charge in [0.2, 0.25) is 0 Å².